The molecule has 6 heteroatoms. The first-order chi connectivity index (χ1) is 12.6. The lowest BCUT2D eigenvalue weighted by molar-refractivity contribution is 0.110. The van der Waals surface area contributed by atoms with Gasteiger partial charge in [0.05, 0.1) is 5.52 Å². The molecule has 0 bridgehead atoms. The third-order valence-corrected chi connectivity index (χ3v) is 4.65. The monoisotopic (exact) mass is 402 g/mol. The number of hydrogen-bond acceptors (Lipinski definition) is 2. The third kappa shape index (κ3) is 3.51. The van der Waals surface area contributed by atoms with Crippen molar-refractivity contribution in [3.05, 3.63) is 87.4 Å². The number of imidazole rings is 1. The van der Waals surface area contributed by atoms with Crippen LogP contribution >= 0.6 is 34.8 Å². The van der Waals surface area contributed by atoms with E-state index in [4.69, 9.17) is 44.6 Å². The largest absolute Gasteiger partial charge is 0.407 e. The number of hydrogen-bond donors (Lipinski definition) is 0. The first-order valence-electron chi connectivity index (χ1n) is 7.92. The Morgan fingerprint density at radius 3 is 2.31 bits per heavy atom. The van der Waals surface area contributed by atoms with Gasteiger partial charge >= 0.3 is 0 Å². The van der Waals surface area contributed by atoms with Crippen LogP contribution in [-0.4, -0.2) is 9.71 Å². The predicted molar refractivity (Wildman–Crippen MR) is 107 cm³/mol. The summed E-state index contributed by atoms with van der Waals surface area (Å²) in [6.45, 7) is 0.346. The van der Waals surface area contributed by atoms with Gasteiger partial charge in [-0.05, 0) is 60.2 Å². The van der Waals surface area contributed by atoms with Crippen molar-refractivity contribution in [2.75, 3.05) is 0 Å². The van der Waals surface area contributed by atoms with Crippen LogP contribution in [0.25, 0.3) is 22.4 Å². The summed E-state index contributed by atoms with van der Waals surface area (Å²) >= 11 is 18.2. The highest BCUT2D eigenvalue weighted by atomic mass is 35.5. The zero-order valence-electron chi connectivity index (χ0n) is 13.5. The minimum atomic E-state index is 0.346. The highest BCUT2D eigenvalue weighted by Gasteiger charge is 2.14. The molecule has 0 aliphatic rings. The second kappa shape index (κ2) is 7.20. The van der Waals surface area contributed by atoms with E-state index in [1.807, 2.05) is 66.7 Å². The number of fused-ring (bicyclic) bond motifs is 1. The topological polar surface area (TPSA) is 27.1 Å². The van der Waals surface area contributed by atoms with Crippen LogP contribution in [0, 0.1) is 0 Å². The normalized spacial score (nSPS) is 11.0. The van der Waals surface area contributed by atoms with Crippen molar-refractivity contribution in [3.8, 4) is 11.4 Å². The average molecular weight is 404 g/mol. The van der Waals surface area contributed by atoms with Crippen molar-refractivity contribution in [1.29, 1.82) is 0 Å². The van der Waals surface area contributed by atoms with E-state index in [0.29, 0.717) is 27.5 Å². The molecule has 3 nitrogen and oxygen atoms in total. The number of rotatable bonds is 4. The molecule has 0 aliphatic carbocycles. The molecular weight excluding hydrogens is 391 g/mol. The maximum absolute atomic E-state index is 6.17. The Labute approximate surface area is 165 Å². The molecule has 0 unspecified atom stereocenters. The molecule has 1 heterocycles. The zero-order valence-corrected chi connectivity index (χ0v) is 15.8. The first-order valence-corrected chi connectivity index (χ1v) is 9.05. The number of benzene rings is 3. The van der Waals surface area contributed by atoms with E-state index in [0.717, 1.165) is 22.2 Å². The van der Waals surface area contributed by atoms with Gasteiger partial charge in [-0.3, -0.25) is 0 Å². The van der Waals surface area contributed by atoms with Gasteiger partial charge < -0.3 is 4.84 Å². The molecule has 0 aliphatic heterocycles. The summed E-state index contributed by atoms with van der Waals surface area (Å²) in [5, 5.41) is 1.95. The fourth-order valence-electron chi connectivity index (χ4n) is 2.70. The van der Waals surface area contributed by atoms with Gasteiger partial charge in [-0.15, -0.1) is 0 Å². The quantitative estimate of drug-likeness (QED) is 0.400. The maximum Gasteiger partial charge on any atom is 0.176 e. The Bertz CT molecular complexity index is 1070. The lowest BCUT2D eigenvalue weighted by atomic mass is 10.2. The van der Waals surface area contributed by atoms with E-state index in [2.05, 4.69) is 0 Å². The molecule has 0 N–H and O–H groups in total. The van der Waals surface area contributed by atoms with Crippen LogP contribution in [0.1, 0.15) is 5.56 Å². The lowest BCUT2D eigenvalue weighted by Gasteiger charge is -2.11. The standard InChI is InChI=1S/C20H13Cl3N2O/c21-15-6-4-14(5-7-15)20-24-18-9-8-17(23)11-19(18)25(20)26-12-13-2-1-3-16(22)10-13/h1-11H,12H2. The summed E-state index contributed by atoms with van der Waals surface area (Å²) in [6, 6.07) is 20.5. The molecular formula is C20H13Cl3N2O. The summed E-state index contributed by atoms with van der Waals surface area (Å²) in [5.41, 5.74) is 3.45. The zero-order chi connectivity index (χ0) is 18.1. The Kier molecular flexibility index (Phi) is 4.77. The molecule has 26 heavy (non-hydrogen) atoms. The average Bonchev–Trinajstić information content (AvgIpc) is 2.98. The smallest absolute Gasteiger partial charge is 0.176 e. The molecule has 0 saturated carbocycles. The lowest BCUT2D eigenvalue weighted by Crippen LogP contribution is -2.12. The van der Waals surface area contributed by atoms with Crippen molar-refractivity contribution in [2.45, 2.75) is 6.61 Å². The van der Waals surface area contributed by atoms with Crippen molar-refractivity contribution in [2.24, 2.45) is 0 Å². The fourth-order valence-corrected chi connectivity index (χ4v) is 3.21. The van der Waals surface area contributed by atoms with E-state index < -0.39 is 0 Å². The van der Waals surface area contributed by atoms with Gasteiger partial charge in [-0.2, -0.15) is 4.73 Å². The molecule has 0 saturated heterocycles. The Morgan fingerprint density at radius 2 is 1.54 bits per heavy atom. The summed E-state index contributed by atoms with van der Waals surface area (Å²) in [5.74, 6) is 0.681. The second-order valence-electron chi connectivity index (χ2n) is 5.77. The van der Waals surface area contributed by atoms with Crippen LogP contribution in [0.4, 0.5) is 0 Å². The molecule has 0 spiro atoms. The maximum atomic E-state index is 6.17. The van der Waals surface area contributed by atoms with Gasteiger partial charge in [-0.25, -0.2) is 4.98 Å². The Morgan fingerprint density at radius 1 is 0.808 bits per heavy atom. The molecule has 3 aromatic carbocycles. The van der Waals surface area contributed by atoms with E-state index in [1.165, 1.54) is 0 Å². The van der Waals surface area contributed by atoms with Gasteiger partial charge in [0.2, 0.25) is 0 Å². The van der Waals surface area contributed by atoms with Crippen molar-refractivity contribution >= 4 is 45.8 Å². The van der Waals surface area contributed by atoms with Gasteiger partial charge in [0, 0.05) is 20.6 Å². The predicted octanol–water partition coefficient (Wildman–Crippen LogP) is 6.29. The SMILES string of the molecule is Clc1ccc(-c2nc3ccc(Cl)cc3n2OCc2cccc(Cl)c2)cc1. The van der Waals surface area contributed by atoms with Crippen LogP contribution in [0.5, 0.6) is 0 Å². The number of aromatic nitrogens is 2. The molecule has 0 fully saturated rings. The van der Waals surface area contributed by atoms with Crippen LogP contribution in [0.15, 0.2) is 66.7 Å². The van der Waals surface area contributed by atoms with Gasteiger partial charge in [0.15, 0.2) is 5.82 Å². The van der Waals surface area contributed by atoms with Crippen LogP contribution < -0.4 is 4.84 Å². The molecule has 130 valence electrons. The number of nitrogens with zero attached hydrogens (tertiary/aromatic N) is 2. The third-order valence-electron chi connectivity index (χ3n) is 3.93. The van der Waals surface area contributed by atoms with E-state index >= 15 is 0 Å². The molecule has 4 rings (SSSR count). The van der Waals surface area contributed by atoms with Crippen LogP contribution in [0.2, 0.25) is 15.1 Å². The van der Waals surface area contributed by atoms with Crippen molar-refractivity contribution in [3.63, 3.8) is 0 Å². The summed E-state index contributed by atoms with van der Waals surface area (Å²) in [6.07, 6.45) is 0. The van der Waals surface area contributed by atoms with Crippen molar-refractivity contribution in [1.82, 2.24) is 9.71 Å². The van der Waals surface area contributed by atoms with Gasteiger partial charge in [0.1, 0.15) is 12.1 Å². The molecule has 4 aromatic rings. The summed E-state index contributed by atoms with van der Waals surface area (Å²) in [4.78, 5) is 10.8. The second-order valence-corrected chi connectivity index (χ2v) is 7.08. The summed E-state index contributed by atoms with van der Waals surface area (Å²) in [7, 11) is 0. The highest BCUT2D eigenvalue weighted by molar-refractivity contribution is 6.31. The van der Waals surface area contributed by atoms with Gasteiger partial charge in [-0.1, -0.05) is 46.9 Å². The summed E-state index contributed by atoms with van der Waals surface area (Å²) < 4.78 is 1.70. The van der Waals surface area contributed by atoms with E-state index in [-0.39, 0.29) is 0 Å². The molecule has 0 radical (unpaired) electrons. The Balaban J connectivity index is 1.78. The molecule has 0 amide bonds. The van der Waals surface area contributed by atoms with E-state index in [9.17, 15) is 0 Å². The van der Waals surface area contributed by atoms with E-state index in [1.54, 1.807) is 4.73 Å². The molecule has 0 atom stereocenters. The molecule has 1 aromatic heterocycles. The van der Waals surface area contributed by atoms with Crippen molar-refractivity contribution < 1.29 is 4.84 Å². The van der Waals surface area contributed by atoms with Crippen LogP contribution in [-0.2, 0) is 6.61 Å². The first kappa shape index (κ1) is 17.2. The minimum absolute atomic E-state index is 0.346. The van der Waals surface area contributed by atoms with Gasteiger partial charge in [0.25, 0.3) is 0 Å². The van der Waals surface area contributed by atoms with Crippen LogP contribution in [0.3, 0.4) is 0 Å². The fraction of sp³-hybridized carbons (Fsp3) is 0.0500. The Hall–Kier alpha value is -2.20. The number of halogens is 3. The highest BCUT2D eigenvalue weighted by Crippen LogP contribution is 2.27. The minimum Gasteiger partial charge on any atom is -0.407 e.